The molecule has 0 spiro atoms. The second-order valence-electron chi connectivity index (χ2n) is 6.74. The molecule has 1 atom stereocenters. The fourth-order valence-corrected chi connectivity index (χ4v) is 3.20. The summed E-state index contributed by atoms with van der Waals surface area (Å²) in [5, 5.41) is 3.53. The molecule has 0 amide bonds. The molecule has 0 saturated carbocycles. The van der Waals surface area contributed by atoms with Crippen molar-refractivity contribution in [1.82, 2.24) is 15.1 Å². The normalized spacial score (nSPS) is 30.7. The van der Waals surface area contributed by atoms with Crippen LogP contribution in [0.1, 0.15) is 40.5 Å². The maximum absolute atomic E-state index is 3.53. The van der Waals surface area contributed by atoms with Gasteiger partial charge in [0, 0.05) is 50.3 Å². The van der Waals surface area contributed by atoms with Gasteiger partial charge in [-0.3, -0.25) is 9.80 Å². The molecule has 100 valence electrons. The van der Waals surface area contributed by atoms with Gasteiger partial charge in [0.2, 0.25) is 0 Å². The highest BCUT2D eigenvalue weighted by atomic mass is 15.3. The number of piperidine rings is 1. The summed E-state index contributed by atoms with van der Waals surface area (Å²) in [7, 11) is 0. The Kier molecular flexibility index (Phi) is 4.11. The van der Waals surface area contributed by atoms with Gasteiger partial charge in [-0.15, -0.1) is 0 Å². The average molecular weight is 239 g/mol. The van der Waals surface area contributed by atoms with E-state index in [4.69, 9.17) is 0 Å². The summed E-state index contributed by atoms with van der Waals surface area (Å²) in [5.41, 5.74) is 0.349. The Labute approximate surface area is 107 Å². The molecule has 2 saturated heterocycles. The molecule has 2 rings (SSSR count). The Morgan fingerprint density at radius 3 is 2.24 bits per heavy atom. The molecular formula is C14H29N3. The smallest absolute Gasteiger partial charge is 0.0167 e. The van der Waals surface area contributed by atoms with Gasteiger partial charge < -0.3 is 5.32 Å². The quantitative estimate of drug-likeness (QED) is 0.749. The number of hydrogen-bond donors (Lipinski definition) is 1. The number of rotatable bonds is 1. The second-order valence-corrected chi connectivity index (χ2v) is 6.74. The number of likely N-dealkylation sites (tertiary alicyclic amines) is 1. The second kappa shape index (κ2) is 5.25. The average Bonchev–Trinajstić information content (AvgIpc) is 2.28. The Hall–Kier alpha value is -0.120. The lowest BCUT2D eigenvalue weighted by Crippen LogP contribution is -2.56. The van der Waals surface area contributed by atoms with Crippen molar-refractivity contribution in [3.05, 3.63) is 0 Å². The molecule has 2 aliphatic rings. The summed E-state index contributed by atoms with van der Waals surface area (Å²) in [5.74, 6) is 0. The van der Waals surface area contributed by atoms with Crippen LogP contribution in [-0.4, -0.2) is 60.1 Å². The molecule has 0 unspecified atom stereocenters. The van der Waals surface area contributed by atoms with Crippen LogP contribution in [0.4, 0.5) is 0 Å². The summed E-state index contributed by atoms with van der Waals surface area (Å²) in [6.07, 6.45) is 2.70. The zero-order valence-electron chi connectivity index (χ0n) is 12.0. The molecule has 0 aromatic carbocycles. The predicted molar refractivity (Wildman–Crippen MR) is 73.4 cm³/mol. The van der Waals surface area contributed by atoms with Gasteiger partial charge in [0.25, 0.3) is 0 Å². The molecule has 0 aromatic heterocycles. The molecule has 1 N–H and O–H groups in total. The monoisotopic (exact) mass is 239 g/mol. The van der Waals surface area contributed by atoms with Crippen LogP contribution in [0.2, 0.25) is 0 Å². The lowest BCUT2D eigenvalue weighted by Gasteiger charge is -2.45. The van der Waals surface area contributed by atoms with Gasteiger partial charge >= 0.3 is 0 Å². The molecule has 2 fully saturated rings. The zero-order valence-corrected chi connectivity index (χ0v) is 12.0. The van der Waals surface area contributed by atoms with Crippen molar-refractivity contribution < 1.29 is 0 Å². The van der Waals surface area contributed by atoms with E-state index in [0.717, 1.165) is 6.04 Å². The summed E-state index contributed by atoms with van der Waals surface area (Å²) in [6, 6.07) is 1.50. The van der Waals surface area contributed by atoms with Gasteiger partial charge in [0.05, 0.1) is 0 Å². The lowest BCUT2D eigenvalue weighted by atomic mass is 9.96. The van der Waals surface area contributed by atoms with E-state index >= 15 is 0 Å². The zero-order chi connectivity index (χ0) is 12.5. The van der Waals surface area contributed by atoms with E-state index in [9.17, 15) is 0 Å². The first-order valence-electron chi connectivity index (χ1n) is 7.19. The first-order valence-corrected chi connectivity index (χ1v) is 7.19. The van der Waals surface area contributed by atoms with E-state index in [1.165, 1.54) is 45.6 Å². The van der Waals surface area contributed by atoms with Crippen molar-refractivity contribution in [2.24, 2.45) is 0 Å². The molecule has 3 heteroatoms. The van der Waals surface area contributed by atoms with Gasteiger partial charge in [-0.2, -0.15) is 0 Å². The van der Waals surface area contributed by atoms with E-state index in [1.807, 2.05) is 0 Å². The number of nitrogens with one attached hydrogen (secondary N) is 1. The van der Waals surface area contributed by atoms with Crippen molar-refractivity contribution in [3.8, 4) is 0 Å². The summed E-state index contributed by atoms with van der Waals surface area (Å²) in [6.45, 7) is 15.5. The highest BCUT2D eigenvalue weighted by Gasteiger charge is 2.30. The maximum atomic E-state index is 3.53. The minimum absolute atomic E-state index is 0.349. The molecule has 2 aliphatic heterocycles. The van der Waals surface area contributed by atoms with Crippen molar-refractivity contribution in [3.63, 3.8) is 0 Å². The van der Waals surface area contributed by atoms with Crippen LogP contribution < -0.4 is 5.32 Å². The molecular weight excluding hydrogens is 210 g/mol. The third-order valence-electron chi connectivity index (χ3n) is 4.33. The standard InChI is InChI=1S/C14H29N3/c1-12-11-16(10-7-15-12)13-5-8-17(9-6-13)14(2,3)4/h12-13,15H,5-11H2,1-4H3/t12-/m0/s1. The van der Waals surface area contributed by atoms with E-state index in [-0.39, 0.29) is 0 Å². The Bertz CT molecular complexity index is 238. The van der Waals surface area contributed by atoms with Crippen LogP contribution in [0.5, 0.6) is 0 Å². The fourth-order valence-electron chi connectivity index (χ4n) is 3.20. The third kappa shape index (κ3) is 3.43. The number of nitrogens with zero attached hydrogens (tertiary/aromatic N) is 2. The largest absolute Gasteiger partial charge is 0.312 e. The van der Waals surface area contributed by atoms with Crippen molar-refractivity contribution >= 4 is 0 Å². The van der Waals surface area contributed by atoms with Gasteiger partial charge in [0.15, 0.2) is 0 Å². The predicted octanol–water partition coefficient (Wildman–Crippen LogP) is 1.54. The molecule has 0 aliphatic carbocycles. The first kappa shape index (κ1) is 13.3. The Balaban J connectivity index is 1.82. The number of hydrogen-bond acceptors (Lipinski definition) is 3. The Morgan fingerprint density at radius 2 is 1.71 bits per heavy atom. The molecule has 3 nitrogen and oxygen atoms in total. The minimum atomic E-state index is 0.349. The van der Waals surface area contributed by atoms with Crippen LogP contribution in [0, 0.1) is 0 Å². The third-order valence-corrected chi connectivity index (χ3v) is 4.33. The van der Waals surface area contributed by atoms with Crippen LogP contribution in [-0.2, 0) is 0 Å². The molecule has 0 radical (unpaired) electrons. The Morgan fingerprint density at radius 1 is 1.06 bits per heavy atom. The van der Waals surface area contributed by atoms with Crippen molar-refractivity contribution in [2.45, 2.75) is 58.2 Å². The number of piperazine rings is 1. The summed E-state index contributed by atoms with van der Waals surface area (Å²) in [4.78, 5) is 5.34. The van der Waals surface area contributed by atoms with Crippen LogP contribution in [0.3, 0.4) is 0 Å². The van der Waals surface area contributed by atoms with Gasteiger partial charge in [-0.05, 0) is 40.5 Å². The van der Waals surface area contributed by atoms with E-state index < -0.39 is 0 Å². The molecule has 0 aromatic rings. The van der Waals surface area contributed by atoms with Crippen LogP contribution >= 0.6 is 0 Å². The van der Waals surface area contributed by atoms with E-state index in [2.05, 4.69) is 42.8 Å². The first-order chi connectivity index (χ1) is 7.97. The summed E-state index contributed by atoms with van der Waals surface area (Å²) >= 11 is 0. The van der Waals surface area contributed by atoms with Crippen molar-refractivity contribution in [2.75, 3.05) is 32.7 Å². The lowest BCUT2D eigenvalue weighted by molar-refractivity contribution is 0.0458. The minimum Gasteiger partial charge on any atom is -0.312 e. The fraction of sp³-hybridized carbons (Fsp3) is 1.00. The van der Waals surface area contributed by atoms with Crippen LogP contribution in [0.25, 0.3) is 0 Å². The highest BCUT2D eigenvalue weighted by molar-refractivity contribution is 4.88. The molecule has 0 bridgehead atoms. The topological polar surface area (TPSA) is 18.5 Å². The van der Waals surface area contributed by atoms with E-state index in [0.29, 0.717) is 11.6 Å². The maximum Gasteiger partial charge on any atom is 0.0167 e. The molecule has 2 heterocycles. The highest BCUT2D eigenvalue weighted by Crippen LogP contribution is 2.23. The van der Waals surface area contributed by atoms with Gasteiger partial charge in [0.1, 0.15) is 0 Å². The SMILES string of the molecule is C[C@H]1CN(C2CCN(C(C)(C)C)CC2)CCN1. The molecule has 17 heavy (non-hydrogen) atoms. The summed E-state index contributed by atoms with van der Waals surface area (Å²) < 4.78 is 0. The van der Waals surface area contributed by atoms with Gasteiger partial charge in [-0.1, -0.05) is 0 Å². The van der Waals surface area contributed by atoms with Gasteiger partial charge in [-0.25, -0.2) is 0 Å². The van der Waals surface area contributed by atoms with E-state index in [1.54, 1.807) is 0 Å². The van der Waals surface area contributed by atoms with Crippen molar-refractivity contribution in [1.29, 1.82) is 0 Å². The van der Waals surface area contributed by atoms with Crippen LogP contribution in [0.15, 0.2) is 0 Å².